The number of nitrogens with zero attached hydrogens (tertiary/aromatic N) is 2. The summed E-state index contributed by atoms with van der Waals surface area (Å²) in [6.45, 7) is 2.08. The summed E-state index contributed by atoms with van der Waals surface area (Å²) >= 11 is 0. The van der Waals surface area contributed by atoms with Crippen LogP contribution in [0.2, 0.25) is 0 Å². The summed E-state index contributed by atoms with van der Waals surface area (Å²) in [6.07, 6.45) is 6.21. The van der Waals surface area contributed by atoms with E-state index in [-0.39, 0.29) is 5.88 Å². The van der Waals surface area contributed by atoms with E-state index < -0.39 is 0 Å². The van der Waals surface area contributed by atoms with Crippen LogP contribution in [0.25, 0.3) is 0 Å². The molecule has 0 bridgehead atoms. The lowest BCUT2D eigenvalue weighted by Gasteiger charge is -2.15. The van der Waals surface area contributed by atoms with Crippen molar-refractivity contribution in [2.75, 3.05) is 0 Å². The minimum Gasteiger partial charge on any atom is -0.492 e. The number of aromatic nitrogens is 2. The van der Waals surface area contributed by atoms with Gasteiger partial charge in [0, 0.05) is 0 Å². The highest BCUT2D eigenvalue weighted by molar-refractivity contribution is 5.25. The van der Waals surface area contributed by atoms with Crippen LogP contribution in [0.5, 0.6) is 5.88 Å². The van der Waals surface area contributed by atoms with Crippen LogP contribution in [-0.4, -0.2) is 15.1 Å². The van der Waals surface area contributed by atoms with Gasteiger partial charge in [0.25, 0.3) is 0 Å². The topological polar surface area (TPSA) is 46.0 Å². The van der Waals surface area contributed by atoms with E-state index in [9.17, 15) is 5.11 Å². The Morgan fingerprint density at radius 3 is 2.43 bits per heavy atom. The molecule has 14 heavy (non-hydrogen) atoms. The molecule has 2 rings (SSSR count). The maximum atomic E-state index is 9.62. The van der Waals surface area contributed by atoms with Crippen LogP contribution in [0.4, 0.5) is 0 Å². The first-order valence-corrected chi connectivity index (χ1v) is 5.39. The Labute approximate surface area is 84.2 Å². The van der Waals surface area contributed by atoms with Crippen molar-refractivity contribution >= 4 is 0 Å². The monoisotopic (exact) mass is 192 g/mol. The van der Waals surface area contributed by atoms with Crippen molar-refractivity contribution in [2.45, 2.75) is 45.4 Å². The van der Waals surface area contributed by atoms with Crippen molar-refractivity contribution in [1.29, 1.82) is 0 Å². The third-order valence-electron chi connectivity index (χ3n) is 2.67. The summed E-state index contributed by atoms with van der Waals surface area (Å²) in [4.78, 5) is 8.72. The van der Waals surface area contributed by atoms with Crippen molar-refractivity contribution in [3.8, 4) is 5.88 Å². The lowest BCUT2D eigenvalue weighted by molar-refractivity contribution is 0.433. The van der Waals surface area contributed by atoms with E-state index in [1.165, 1.54) is 12.8 Å². The first kappa shape index (κ1) is 9.44. The van der Waals surface area contributed by atoms with Gasteiger partial charge in [0.05, 0.1) is 11.4 Å². The molecule has 0 unspecified atom stereocenters. The Balaban J connectivity index is 2.35. The van der Waals surface area contributed by atoms with Gasteiger partial charge in [-0.25, -0.2) is 4.98 Å². The third kappa shape index (κ3) is 1.72. The summed E-state index contributed by atoms with van der Waals surface area (Å²) < 4.78 is 0. The second kappa shape index (κ2) is 3.95. The van der Waals surface area contributed by atoms with Crippen molar-refractivity contribution in [2.24, 2.45) is 0 Å². The predicted octanol–water partition coefficient (Wildman–Crippen LogP) is 2.01. The van der Waals surface area contributed by atoms with Crippen LogP contribution in [0.1, 0.15) is 43.3 Å². The second-order valence-corrected chi connectivity index (χ2v) is 3.84. The van der Waals surface area contributed by atoms with Crippen molar-refractivity contribution < 1.29 is 5.11 Å². The van der Waals surface area contributed by atoms with Crippen molar-refractivity contribution in [3.05, 3.63) is 17.1 Å². The van der Waals surface area contributed by atoms with E-state index in [1.54, 1.807) is 0 Å². The molecule has 1 aromatic heterocycles. The lowest BCUT2D eigenvalue weighted by atomic mass is 10.0. The van der Waals surface area contributed by atoms with Gasteiger partial charge in [-0.1, -0.05) is 13.3 Å². The van der Waals surface area contributed by atoms with Crippen LogP contribution in [0.3, 0.4) is 0 Å². The zero-order valence-electron chi connectivity index (χ0n) is 8.58. The van der Waals surface area contributed by atoms with Gasteiger partial charge in [0.1, 0.15) is 5.69 Å². The van der Waals surface area contributed by atoms with Crippen LogP contribution in [-0.2, 0) is 19.3 Å². The summed E-state index contributed by atoms with van der Waals surface area (Å²) in [7, 11) is 0. The molecule has 0 aromatic carbocycles. The van der Waals surface area contributed by atoms with Gasteiger partial charge in [0.15, 0.2) is 0 Å². The van der Waals surface area contributed by atoms with E-state index >= 15 is 0 Å². The molecule has 3 nitrogen and oxygen atoms in total. The zero-order chi connectivity index (χ0) is 9.97. The van der Waals surface area contributed by atoms with Gasteiger partial charge < -0.3 is 5.11 Å². The standard InChI is InChI=1S/C11H16N2O/c1-2-5-10-11(14)13-9-7-4-3-6-8(9)12-10/h2-7H2,1H3,(H,13,14). The van der Waals surface area contributed by atoms with Crippen molar-refractivity contribution in [3.63, 3.8) is 0 Å². The van der Waals surface area contributed by atoms with Gasteiger partial charge in [-0.15, -0.1) is 0 Å². The first-order chi connectivity index (χ1) is 6.81. The van der Waals surface area contributed by atoms with Crippen LogP contribution in [0, 0.1) is 0 Å². The van der Waals surface area contributed by atoms with E-state index in [2.05, 4.69) is 16.9 Å². The highest BCUT2D eigenvalue weighted by atomic mass is 16.3. The molecule has 1 N–H and O–H groups in total. The second-order valence-electron chi connectivity index (χ2n) is 3.84. The minimum absolute atomic E-state index is 0.146. The maximum absolute atomic E-state index is 9.62. The molecular weight excluding hydrogens is 176 g/mol. The van der Waals surface area contributed by atoms with E-state index in [4.69, 9.17) is 0 Å². The van der Waals surface area contributed by atoms with Crippen LogP contribution < -0.4 is 0 Å². The number of hydrogen-bond acceptors (Lipinski definition) is 3. The van der Waals surface area contributed by atoms with Gasteiger partial charge in [-0.3, -0.25) is 4.98 Å². The highest BCUT2D eigenvalue weighted by Gasteiger charge is 2.15. The van der Waals surface area contributed by atoms with Crippen LogP contribution in [0.15, 0.2) is 0 Å². The predicted molar refractivity (Wildman–Crippen MR) is 54.3 cm³/mol. The number of aromatic hydroxyl groups is 1. The molecule has 0 atom stereocenters. The Morgan fingerprint density at radius 2 is 1.79 bits per heavy atom. The van der Waals surface area contributed by atoms with E-state index in [0.717, 1.165) is 42.8 Å². The molecule has 1 aliphatic carbocycles. The molecule has 0 fully saturated rings. The first-order valence-electron chi connectivity index (χ1n) is 5.39. The molecule has 0 aliphatic heterocycles. The number of aryl methyl sites for hydroxylation is 3. The molecule has 0 saturated heterocycles. The fourth-order valence-corrected chi connectivity index (χ4v) is 1.92. The fourth-order valence-electron chi connectivity index (χ4n) is 1.92. The van der Waals surface area contributed by atoms with Crippen molar-refractivity contribution in [1.82, 2.24) is 9.97 Å². The molecule has 76 valence electrons. The Kier molecular flexibility index (Phi) is 2.66. The number of hydrogen-bond donors (Lipinski definition) is 1. The molecule has 0 radical (unpaired) electrons. The largest absolute Gasteiger partial charge is 0.492 e. The smallest absolute Gasteiger partial charge is 0.233 e. The van der Waals surface area contributed by atoms with Gasteiger partial charge >= 0.3 is 0 Å². The summed E-state index contributed by atoms with van der Waals surface area (Å²) in [5, 5.41) is 9.62. The lowest BCUT2D eigenvalue weighted by Crippen LogP contribution is -2.10. The molecular formula is C11H16N2O. The minimum atomic E-state index is 0.146. The fraction of sp³-hybridized carbons (Fsp3) is 0.636. The van der Waals surface area contributed by atoms with Gasteiger partial charge in [-0.2, -0.15) is 0 Å². The SMILES string of the molecule is CCCc1nc2c(nc1O)CCCC2. The number of fused-ring (bicyclic) bond motifs is 1. The molecule has 1 aliphatic rings. The van der Waals surface area contributed by atoms with E-state index in [1.807, 2.05) is 0 Å². The third-order valence-corrected chi connectivity index (χ3v) is 2.67. The van der Waals surface area contributed by atoms with Gasteiger partial charge in [-0.05, 0) is 32.1 Å². The highest BCUT2D eigenvalue weighted by Crippen LogP contribution is 2.22. The molecule has 3 heteroatoms. The average molecular weight is 192 g/mol. The summed E-state index contributed by atoms with van der Waals surface area (Å²) in [5.74, 6) is 0.146. The normalized spacial score (nSPS) is 15.2. The Hall–Kier alpha value is -1.12. The quantitative estimate of drug-likeness (QED) is 0.779. The molecule has 0 saturated carbocycles. The maximum Gasteiger partial charge on any atom is 0.233 e. The molecule has 0 amide bonds. The van der Waals surface area contributed by atoms with Crippen LogP contribution >= 0.6 is 0 Å². The average Bonchev–Trinajstić information content (AvgIpc) is 2.19. The van der Waals surface area contributed by atoms with E-state index in [0.29, 0.717) is 0 Å². The summed E-state index contributed by atoms with van der Waals surface area (Å²) in [6, 6.07) is 0. The zero-order valence-corrected chi connectivity index (χ0v) is 8.58. The Bertz CT molecular complexity index is 336. The summed E-state index contributed by atoms with van der Waals surface area (Å²) in [5.41, 5.74) is 2.89. The van der Waals surface area contributed by atoms with Gasteiger partial charge in [0.2, 0.25) is 5.88 Å². The molecule has 1 heterocycles. The number of rotatable bonds is 2. The Morgan fingerprint density at radius 1 is 1.14 bits per heavy atom. The molecule has 0 spiro atoms. The molecule has 1 aromatic rings.